The lowest BCUT2D eigenvalue weighted by Crippen LogP contribution is -2.53. The van der Waals surface area contributed by atoms with Crippen molar-refractivity contribution in [3.8, 4) is 0 Å². The minimum Gasteiger partial charge on any atom is -0.369 e. The fourth-order valence-electron chi connectivity index (χ4n) is 3.56. The summed E-state index contributed by atoms with van der Waals surface area (Å²) in [5, 5.41) is 14.2. The molecule has 0 aliphatic heterocycles. The summed E-state index contributed by atoms with van der Waals surface area (Å²) in [7, 11) is -3.65. The molecule has 3 N–H and O–H groups in total. The molecule has 3 aromatic rings. The van der Waals surface area contributed by atoms with Gasteiger partial charge in [0.15, 0.2) is 15.9 Å². The molecule has 2 heterocycles. The van der Waals surface area contributed by atoms with Crippen LogP contribution in [0.4, 0.5) is 32.0 Å². The van der Waals surface area contributed by atoms with Crippen LogP contribution < -0.4 is 10.6 Å². The number of pyridine rings is 2. The Morgan fingerprint density at radius 3 is 2.05 bits per heavy atom. The van der Waals surface area contributed by atoms with E-state index >= 15 is 0 Å². The fraction of sp³-hybridized carbons (Fsp3) is 0.280. The normalized spacial score (nSPS) is 13.4. The standard InChI is InChI=1S/C25H22F6N4O5S/c1-2-41(39,40)18-10-11-19(33-14-18)21(35-20(36)13-17-5-3-4-12-32-17)22(37)34-16-8-6-15(7-9-16)23(38,24(26,27)28)25(29,30)31/h3-12,14,21,38H,2,13H2,1H3,(H,34,37)(H,35,36). The lowest BCUT2D eigenvalue weighted by atomic mass is 9.92. The van der Waals surface area contributed by atoms with E-state index in [1.54, 1.807) is 18.2 Å². The summed E-state index contributed by atoms with van der Waals surface area (Å²) in [6, 6.07) is 7.63. The number of carbonyl (C=O) groups excluding carboxylic acids is 2. The number of hydrogen-bond acceptors (Lipinski definition) is 7. The Labute approximate surface area is 229 Å². The number of hydrogen-bond donors (Lipinski definition) is 3. The van der Waals surface area contributed by atoms with Crippen molar-refractivity contribution in [3.05, 3.63) is 83.9 Å². The van der Waals surface area contributed by atoms with Crippen molar-refractivity contribution in [2.75, 3.05) is 11.1 Å². The zero-order valence-electron chi connectivity index (χ0n) is 21.0. The third kappa shape index (κ3) is 7.00. The summed E-state index contributed by atoms with van der Waals surface area (Å²) in [6.45, 7) is 1.41. The van der Waals surface area contributed by atoms with Crippen LogP contribution in [0.25, 0.3) is 0 Å². The van der Waals surface area contributed by atoms with Crippen molar-refractivity contribution in [1.82, 2.24) is 15.3 Å². The molecule has 1 unspecified atom stereocenters. The van der Waals surface area contributed by atoms with Gasteiger partial charge in [0.05, 0.1) is 22.8 Å². The largest absolute Gasteiger partial charge is 0.430 e. The summed E-state index contributed by atoms with van der Waals surface area (Å²) >= 11 is 0. The molecule has 0 spiro atoms. The van der Waals surface area contributed by atoms with Gasteiger partial charge in [-0.1, -0.05) is 25.1 Å². The van der Waals surface area contributed by atoms with Crippen molar-refractivity contribution in [2.24, 2.45) is 0 Å². The van der Waals surface area contributed by atoms with Crippen LogP contribution in [0, 0.1) is 0 Å². The highest BCUT2D eigenvalue weighted by atomic mass is 32.2. The molecule has 0 aliphatic rings. The molecule has 2 amide bonds. The molecule has 0 radical (unpaired) electrons. The van der Waals surface area contributed by atoms with Crippen LogP contribution >= 0.6 is 0 Å². The predicted octanol–water partition coefficient (Wildman–Crippen LogP) is 3.62. The van der Waals surface area contributed by atoms with Gasteiger partial charge in [-0.15, -0.1) is 0 Å². The Hall–Kier alpha value is -4.05. The number of halogens is 6. The first-order valence-corrected chi connectivity index (χ1v) is 13.3. The molecule has 2 aromatic heterocycles. The SMILES string of the molecule is CCS(=O)(=O)c1ccc(C(NC(=O)Cc2ccccn2)C(=O)Nc2ccc(C(O)(C(F)(F)F)C(F)(F)F)cc2)nc1. The van der Waals surface area contributed by atoms with E-state index in [-0.39, 0.29) is 28.5 Å². The maximum Gasteiger partial charge on any atom is 0.430 e. The molecule has 0 fully saturated rings. The number of benzene rings is 1. The highest BCUT2D eigenvalue weighted by molar-refractivity contribution is 7.91. The number of alkyl halides is 6. The van der Waals surface area contributed by atoms with E-state index in [4.69, 9.17) is 0 Å². The van der Waals surface area contributed by atoms with Crippen LogP contribution in [0.2, 0.25) is 0 Å². The second-order valence-electron chi connectivity index (χ2n) is 8.59. The molecule has 16 heteroatoms. The summed E-state index contributed by atoms with van der Waals surface area (Å²) in [5.74, 6) is -1.94. The van der Waals surface area contributed by atoms with Gasteiger partial charge in [0.2, 0.25) is 5.91 Å². The van der Waals surface area contributed by atoms with E-state index in [0.717, 1.165) is 12.3 Å². The van der Waals surface area contributed by atoms with E-state index in [9.17, 15) is 49.5 Å². The lowest BCUT2D eigenvalue weighted by molar-refractivity contribution is -0.376. The van der Waals surface area contributed by atoms with Crippen LogP contribution in [-0.2, 0) is 31.4 Å². The number of sulfone groups is 1. The number of aromatic nitrogens is 2. The average molecular weight is 605 g/mol. The minimum absolute atomic E-state index is 0.118. The van der Waals surface area contributed by atoms with Gasteiger partial charge < -0.3 is 15.7 Å². The minimum atomic E-state index is -6.10. The number of carbonyl (C=O) groups is 2. The van der Waals surface area contributed by atoms with Crippen LogP contribution in [-0.4, -0.2) is 53.4 Å². The van der Waals surface area contributed by atoms with Gasteiger partial charge in [0.25, 0.3) is 11.5 Å². The molecule has 0 saturated carbocycles. The monoisotopic (exact) mass is 604 g/mol. The molecule has 0 bridgehead atoms. The molecule has 220 valence electrons. The molecule has 9 nitrogen and oxygen atoms in total. The smallest absolute Gasteiger partial charge is 0.369 e. The number of nitrogens with zero attached hydrogens (tertiary/aromatic N) is 2. The molecule has 1 aromatic carbocycles. The first-order valence-electron chi connectivity index (χ1n) is 11.6. The topological polar surface area (TPSA) is 138 Å². The second kappa shape index (κ2) is 11.8. The van der Waals surface area contributed by atoms with Crippen molar-refractivity contribution in [2.45, 2.75) is 42.2 Å². The summed E-state index contributed by atoms with van der Waals surface area (Å²) in [4.78, 5) is 33.6. The highest BCUT2D eigenvalue weighted by Crippen LogP contribution is 2.50. The number of amides is 2. The zero-order valence-corrected chi connectivity index (χ0v) is 21.8. The highest BCUT2D eigenvalue weighted by Gasteiger charge is 2.71. The fourth-order valence-corrected chi connectivity index (χ4v) is 4.39. The van der Waals surface area contributed by atoms with Gasteiger partial charge in [-0.3, -0.25) is 19.6 Å². The number of anilines is 1. The van der Waals surface area contributed by atoms with Crippen molar-refractivity contribution in [3.63, 3.8) is 0 Å². The van der Waals surface area contributed by atoms with Crippen LogP contribution in [0.1, 0.15) is 29.9 Å². The van der Waals surface area contributed by atoms with Gasteiger partial charge in [0.1, 0.15) is 0 Å². The van der Waals surface area contributed by atoms with Gasteiger partial charge >= 0.3 is 12.4 Å². The Balaban J connectivity index is 1.90. The van der Waals surface area contributed by atoms with Crippen LogP contribution in [0.3, 0.4) is 0 Å². The van der Waals surface area contributed by atoms with E-state index in [1.165, 1.54) is 19.2 Å². The maximum absolute atomic E-state index is 13.2. The quantitative estimate of drug-likeness (QED) is 0.317. The Kier molecular flexibility index (Phi) is 9.08. The van der Waals surface area contributed by atoms with Crippen molar-refractivity contribution >= 4 is 27.3 Å². The Morgan fingerprint density at radius 1 is 0.927 bits per heavy atom. The molecule has 41 heavy (non-hydrogen) atoms. The van der Waals surface area contributed by atoms with Crippen molar-refractivity contribution in [1.29, 1.82) is 0 Å². The van der Waals surface area contributed by atoms with Gasteiger partial charge in [-0.2, -0.15) is 26.3 Å². The molecular formula is C25H22F6N4O5S. The Morgan fingerprint density at radius 2 is 1.56 bits per heavy atom. The second-order valence-corrected chi connectivity index (χ2v) is 10.9. The van der Waals surface area contributed by atoms with E-state index in [2.05, 4.69) is 20.6 Å². The first-order chi connectivity index (χ1) is 19.0. The molecule has 0 aliphatic carbocycles. The number of rotatable bonds is 9. The zero-order chi connectivity index (χ0) is 30.6. The lowest BCUT2D eigenvalue weighted by Gasteiger charge is -2.32. The predicted molar refractivity (Wildman–Crippen MR) is 132 cm³/mol. The molecular weight excluding hydrogens is 582 g/mol. The summed E-state index contributed by atoms with van der Waals surface area (Å²) < 4.78 is 103. The number of nitrogens with one attached hydrogen (secondary N) is 2. The van der Waals surface area contributed by atoms with Crippen LogP contribution in [0.5, 0.6) is 0 Å². The maximum atomic E-state index is 13.2. The third-order valence-corrected chi connectivity index (χ3v) is 7.54. The van der Waals surface area contributed by atoms with Gasteiger partial charge in [-0.25, -0.2) is 8.42 Å². The summed E-state index contributed by atoms with van der Waals surface area (Å²) in [6.07, 6.45) is -10.0. The van der Waals surface area contributed by atoms with Crippen molar-refractivity contribution < 1.29 is 49.5 Å². The molecule has 1 atom stereocenters. The van der Waals surface area contributed by atoms with E-state index < -0.39 is 51.2 Å². The van der Waals surface area contributed by atoms with E-state index in [1.807, 2.05) is 0 Å². The molecule has 3 rings (SSSR count). The third-order valence-electron chi connectivity index (χ3n) is 5.82. The van der Waals surface area contributed by atoms with E-state index in [0.29, 0.717) is 30.0 Å². The summed E-state index contributed by atoms with van der Waals surface area (Å²) in [5.41, 5.74) is -6.75. The Bertz CT molecular complexity index is 1470. The average Bonchev–Trinajstić information content (AvgIpc) is 2.91. The van der Waals surface area contributed by atoms with Crippen LogP contribution in [0.15, 0.2) is 71.9 Å². The van der Waals surface area contributed by atoms with Gasteiger partial charge in [-0.05, 0) is 36.4 Å². The number of aliphatic hydroxyl groups is 1. The first kappa shape index (κ1) is 31.5. The van der Waals surface area contributed by atoms with Gasteiger partial charge in [0, 0.05) is 29.3 Å². The molecule has 0 saturated heterocycles.